The summed E-state index contributed by atoms with van der Waals surface area (Å²) in [6.45, 7) is 5.78. The van der Waals surface area contributed by atoms with Gasteiger partial charge in [0.1, 0.15) is 10.4 Å². The Balaban J connectivity index is 1.69. The van der Waals surface area contributed by atoms with Crippen molar-refractivity contribution in [2.75, 3.05) is 6.61 Å². The van der Waals surface area contributed by atoms with E-state index in [1.54, 1.807) is 36.0 Å². The van der Waals surface area contributed by atoms with E-state index in [2.05, 4.69) is 15.9 Å². The minimum atomic E-state index is -0.478. The zero-order chi connectivity index (χ0) is 17.7. The van der Waals surface area contributed by atoms with Crippen LogP contribution >= 0.6 is 39.9 Å². The van der Waals surface area contributed by atoms with Crippen LogP contribution in [0.25, 0.3) is 0 Å². The van der Waals surface area contributed by atoms with E-state index >= 15 is 0 Å². The number of ether oxygens (including phenoxy) is 1. The lowest BCUT2D eigenvalue weighted by atomic mass is 9.93. The molecule has 2 saturated heterocycles. The maximum absolute atomic E-state index is 12.6. The highest BCUT2D eigenvalue weighted by Crippen LogP contribution is 2.58. The van der Waals surface area contributed by atoms with Crippen LogP contribution in [-0.4, -0.2) is 48.7 Å². The number of carbonyl (C=O) groups excluding carboxylic acids is 2. The van der Waals surface area contributed by atoms with E-state index in [0.717, 1.165) is 0 Å². The zero-order valence-electron chi connectivity index (χ0n) is 13.6. The molecule has 0 radical (unpaired) electrons. The summed E-state index contributed by atoms with van der Waals surface area (Å²) in [6, 6.07) is 8.35. The summed E-state index contributed by atoms with van der Waals surface area (Å²) in [5.74, 6) is -0.606. The van der Waals surface area contributed by atoms with Gasteiger partial charge in [-0.2, -0.15) is 0 Å². The topological polar surface area (TPSA) is 46.6 Å². The van der Waals surface area contributed by atoms with Gasteiger partial charge >= 0.3 is 5.97 Å². The maximum atomic E-state index is 12.6. The molecule has 128 valence electrons. The molecular weight excluding hydrogens is 410 g/mol. The van der Waals surface area contributed by atoms with Gasteiger partial charge in [0.2, 0.25) is 0 Å². The van der Waals surface area contributed by atoms with E-state index in [0.29, 0.717) is 10.6 Å². The molecule has 0 unspecified atom stereocenters. The van der Waals surface area contributed by atoms with E-state index in [-0.39, 0.29) is 26.8 Å². The normalized spacial score (nSPS) is 30.5. The number of esters is 1. The molecule has 2 heterocycles. The molecule has 1 aromatic carbocycles. The molecule has 2 aliphatic rings. The molecule has 0 amide bonds. The first-order chi connectivity index (χ1) is 11.2. The second-order valence-electron chi connectivity index (χ2n) is 6.66. The highest BCUT2D eigenvalue weighted by Gasteiger charge is 2.66. The van der Waals surface area contributed by atoms with Gasteiger partial charge < -0.3 is 9.64 Å². The highest BCUT2D eigenvalue weighted by atomic mass is 79.9. The van der Waals surface area contributed by atoms with E-state index in [1.165, 1.54) is 0 Å². The van der Waals surface area contributed by atoms with E-state index < -0.39 is 12.0 Å². The predicted molar refractivity (Wildman–Crippen MR) is 103 cm³/mol. The second kappa shape index (κ2) is 6.11. The van der Waals surface area contributed by atoms with Gasteiger partial charge in [0.15, 0.2) is 12.4 Å². The fraction of sp³-hybridized carbons (Fsp3) is 0.471. The maximum Gasteiger partial charge on any atom is 0.330 e. The van der Waals surface area contributed by atoms with Crippen molar-refractivity contribution >= 4 is 56.7 Å². The molecule has 24 heavy (non-hydrogen) atoms. The van der Waals surface area contributed by atoms with Gasteiger partial charge in [0.05, 0.1) is 10.4 Å². The minimum Gasteiger partial charge on any atom is -0.456 e. The Labute approximate surface area is 159 Å². The Morgan fingerprint density at radius 2 is 1.92 bits per heavy atom. The van der Waals surface area contributed by atoms with Gasteiger partial charge in [-0.3, -0.25) is 4.79 Å². The average Bonchev–Trinajstić information content (AvgIpc) is 2.83. The molecule has 3 atom stereocenters. The number of benzene rings is 1. The number of ketones is 1. The van der Waals surface area contributed by atoms with Crippen LogP contribution < -0.4 is 0 Å². The monoisotopic (exact) mass is 427 g/mol. The van der Waals surface area contributed by atoms with Crippen LogP contribution in [0.1, 0.15) is 31.1 Å². The number of rotatable bonds is 4. The van der Waals surface area contributed by atoms with Crippen LogP contribution in [0.5, 0.6) is 0 Å². The van der Waals surface area contributed by atoms with Crippen LogP contribution in [0, 0.1) is 0 Å². The molecule has 0 saturated carbocycles. The number of hydrogen-bond donors (Lipinski definition) is 0. The summed E-state index contributed by atoms with van der Waals surface area (Å²) in [4.78, 5) is 27.4. The smallest absolute Gasteiger partial charge is 0.330 e. The number of halogens is 1. The lowest BCUT2D eigenvalue weighted by molar-refractivity contribution is -0.148. The molecule has 0 spiro atoms. The third-order valence-electron chi connectivity index (χ3n) is 4.39. The third-order valence-corrected chi connectivity index (χ3v) is 8.15. The van der Waals surface area contributed by atoms with Gasteiger partial charge in [-0.25, -0.2) is 4.79 Å². The van der Waals surface area contributed by atoms with Gasteiger partial charge in [0.25, 0.3) is 0 Å². The number of fused-ring (bicyclic) bond motifs is 1. The number of thioether (sulfide) groups is 1. The lowest BCUT2D eigenvalue weighted by Gasteiger charge is -2.51. The van der Waals surface area contributed by atoms with E-state index in [1.807, 2.05) is 31.7 Å². The van der Waals surface area contributed by atoms with Crippen LogP contribution in [0.2, 0.25) is 0 Å². The van der Waals surface area contributed by atoms with Crippen molar-refractivity contribution in [2.24, 2.45) is 0 Å². The van der Waals surface area contributed by atoms with Crippen LogP contribution in [0.3, 0.4) is 0 Å². The quantitative estimate of drug-likeness (QED) is 0.317. The predicted octanol–water partition coefficient (Wildman–Crippen LogP) is 3.43. The molecule has 0 aromatic heterocycles. The fourth-order valence-electron chi connectivity index (χ4n) is 3.09. The Hall–Kier alpha value is -0.920. The number of hydrogen-bond acceptors (Lipinski definition) is 5. The fourth-order valence-corrected chi connectivity index (χ4v) is 5.84. The summed E-state index contributed by atoms with van der Waals surface area (Å²) in [5.41, 5.74) is 0.538. The molecule has 0 bridgehead atoms. The SMILES string of the molecule is CC1(C)S[C@H]2N(C(=S)[C@]2(C)Br)[C@H]1C(=O)OCC(=O)c1ccccc1. The molecule has 0 N–H and O–H groups in total. The molecule has 1 aromatic rings. The average molecular weight is 428 g/mol. The van der Waals surface area contributed by atoms with E-state index in [4.69, 9.17) is 17.0 Å². The molecule has 2 aliphatic heterocycles. The number of carbonyl (C=O) groups is 2. The van der Waals surface area contributed by atoms with Crippen molar-refractivity contribution in [3.8, 4) is 0 Å². The van der Waals surface area contributed by atoms with E-state index in [9.17, 15) is 9.59 Å². The van der Waals surface area contributed by atoms with Crippen molar-refractivity contribution in [3.63, 3.8) is 0 Å². The van der Waals surface area contributed by atoms with Crippen molar-refractivity contribution in [1.29, 1.82) is 0 Å². The van der Waals surface area contributed by atoms with Crippen molar-refractivity contribution < 1.29 is 14.3 Å². The lowest BCUT2D eigenvalue weighted by Crippen LogP contribution is -2.68. The number of thiocarbonyl (C=S) groups is 1. The summed E-state index contributed by atoms with van der Waals surface area (Å²) < 4.78 is 4.71. The first-order valence-corrected chi connectivity index (χ1v) is 9.69. The first-order valence-electron chi connectivity index (χ1n) is 7.60. The summed E-state index contributed by atoms with van der Waals surface area (Å²) in [6.07, 6.45) is 0. The van der Waals surface area contributed by atoms with Crippen LogP contribution in [0.15, 0.2) is 30.3 Å². The Kier molecular flexibility index (Phi) is 4.55. The Morgan fingerprint density at radius 3 is 2.54 bits per heavy atom. The van der Waals surface area contributed by atoms with Crippen molar-refractivity contribution in [3.05, 3.63) is 35.9 Å². The molecule has 3 rings (SSSR count). The molecule has 0 aliphatic carbocycles. The molecule has 4 nitrogen and oxygen atoms in total. The molecule has 2 fully saturated rings. The summed E-state index contributed by atoms with van der Waals surface area (Å²) in [5, 5.41) is 0.0994. The van der Waals surface area contributed by atoms with Crippen LogP contribution in [0.4, 0.5) is 0 Å². The Bertz CT molecular complexity index is 705. The number of Topliss-reactive ketones (excluding diaryl/α,β-unsaturated/α-hetero) is 1. The summed E-state index contributed by atoms with van der Waals surface area (Å²) in [7, 11) is 0. The van der Waals surface area contributed by atoms with Gasteiger partial charge in [-0.05, 0) is 20.8 Å². The van der Waals surface area contributed by atoms with Gasteiger partial charge in [-0.1, -0.05) is 58.5 Å². The highest BCUT2D eigenvalue weighted by molar-refractivity contribution is 9.10. The van der Waals surface area contributed by atoms with Gasteiger partial charge in [-0.15, -0.1) is 11.8 Å². The minimum absolute atomic E-state index is 0.0994. The molecular formula is C17H18BrNO3S2. The van der Waals surface area contributed by atoms with Crippen LogP contribution in [-0.2, 0) is 9.53 Å². The van der Waals surface area contributed by atoms with Crippen molar-refractivity contribution in [2.45, 2.75) is 41.3 Å². The van der Waals surface area contributed by atoms with Gasteiger partial charge in [0, 0.05) is 10.3 Å². The number of nitrogens with zero attached hydrogens (tertiary/aromatic N) is 1. The Morgan fingerprint density at radius 1 is 1.29 bits per heavy atom. The first kappa shape index (κ1) is 17.9. The largest absolute Gasteiger partial charge is 0.456 e. The third kappa shape index (κ3) is 2.80. The summed E-state index contributed by atoms with van der Waals surface area (Å²) >= 11 is 10.8. The number of alkyl halides is 1. The zero-order valence-corrected chi connectivity index (χ0v) is 16.8. The van der Waals surface area contributed by atoms with Crippen molar-refractivity contribution in [1.82, 2.24) is 4.90 Å². The molecule has 7 heteroatoms. The second-order valence-corrected chi connectivity index (χ2v) is 10.4. The standard InChI is InChI=1S/C17H18BrNO3S2/c1-16(2)12(19-14(23)17(3,18)15(19)24-16)13(21)22-9-11(20)10-7-5-4-6-8-10/h4-8,12,15H,9H2,1-3H3/t12-,15+,17-/m0/s1.